The molecule has 0 aromatic heterocycles. The van der Waals surface area contributed by atoms with E-state index in [0.717, 1.165) is 42.9 Å². The first-order chi connectivity index (χ1) is 12.1. The Morgan fingerprint density at radius 3 is 2.52 bits per heavy atom. The van der Waals surface area contributed by atoms with Crippen molar-refractivity contribution >= 4 is 17.4 Å². The normalized spacial score (nSPS) is 17.0. The lowest BCUT2D eigenvalue weighted by Gasteiger charge is -2.48. The van der Waals surface area contributed by atoms with Crippen LogP contribution in [0.1, 0.15) is 23.1 Å². The van der Waals surface area contributed by atoms with Crippen molar-refractivity contribution < 1.29 is 4.79 Å². The second-order valence-corrected chi connectivity index (χ2v) is 7.18. The topological polar surface area (TPSA) is 35.6 Å². The van der Waals surface area contributed by atoms with Crippen molar-refractivity contribution in [2.24, 2.45) is 0 Å². The quantitative estimate of drug-likeness (QED) is 0.901. The molecule has 0 spiro atoms. The SMILES string of the molecule is Cc1cccc(C)c1NC(=O)N1CC(N2CCCc3ccccc32)C1. The summed E-state index contributed by atoms with van der Waals surface area (Å²) in [6.07, 6.45) is 2.36. The molecule has 0 aliphatic carbocycles. The highest BCUT2D eigenvalue weighted by atomic mass is 16.2. The van der Waals surface area contributed by atoms with Gasteiger partial charge in [-0.1, -0.05) is 36.4 Å². The van der Waals surface area contributed by atoms with E-state index in [0.29, 0.717) is 6.04 Å². The van der Waals surface area contributed by atoms with Crippen molar-refractivity contribution in [2.75, 3.05) is 29.9 Å². The average Bonchev–Trinajstić information content (AvgIpc) is 2.57. The number of benzene rings is 2. The number of hydrogen-bond donors (Lipinski definition) is 1. The maximum absolute atomic E-state index is 12.6. The molecule has 2 aliphatic heterocycles. The number of hydrogen-bond acceptors (Lipinski definition) is 2. The first-order valence-electron chi connectivity index (χ1n) is 9.10. The molecule has 2 amide bonds. The molecule has 2 aliphatic rings. The van der Waals surface area contributed by atoms with Crippen LogP contribution >= 0.6 is 0 Å². The van der Waals surface area contributed by atoms with Gasteiger partial charge in [-0.05, 0) is 49.4 Å². The van der Waals surface area contributed by atoms with Gasteiger partial charge in [-0.3, -0.25) is 0 Å². The number of amides is 2. The number of anilines is 2. The van der Waals surface area contributed by atoms with Crippen LogP contribution in [0.4, 0.5) is 16.2 Å². The molecule has 2 aromatic rings. The van der Waals surface area contributed by atoms with Gasteiger partial charge in [0.05, 0.1) is 6.04 Å². The van der Waals surface area contributed by atoms with Gasteiger partial charge in [0.1, 0.15) is 0 Å². The second-order valence-electron chi connectivity index (χ2n) is 7.18. The Kier molecular flexibility index (Phi) is 4.12. The third kappa shape index (κ3) is 2.97. The van der Waals surface area contributed by atoms with Gasteiger partial charge < -0.3 is 15.1 Å². The number of aryl methyl sites for hydroxylation is 3. The van der Waals surface area contributed by atoms with Crippen molar-refractivity contribution in [1.29, 1.82) is 0 Å². The van der Waals surface area contributed by atoms with Crippen LogP contribution < -0.4 is 10.2 Å². The van der Waals surface area contributed by atoms with Crippen LogP contribution in [0.25, 0.3) is 0 Å². The summed E-state index contributed by atoms with van der Waals surface area (Å²) in [4.78, 5) is 17.0. The second kappa shape index (κ2) is 6.43. The molecule has 4 nitrogen and oxygen atoms in total. The number of nitrogens with zero attached hydrogens (tertiary/aromatic N) is 2. The van der Waals surface area contributed by atoms with Gasteiger partial charge in [0.2, 0.25) is 0 Å². The first kappa shape index (κ1) is 16.0. The number of likely N-dealkylation sites (tertiary alicyclic amines) is 1. The molecular weight excluding hydrogens is 310 g/mol. The third-order valence-electron chi connectivity index (χ3n) is 5.45. The van der Waals surface area contributed by atoms with E-state index in [-0.39, 0.29) is 6.03 Å². The number of para-hydroxylation sites is 2. The fraction of sp³-hybridized carbons (Fsp3) is 0.381. The summed E-state index contributed by atoms with van der Waals surface area (Å²) < 4.78 is 0. The number of carbonyl (C=O) groups excluding carboxylic acids is 1. The Morgan fingerprint density at radius 2 is 1.76 bits per heavy atom. The summed E-state index contributed by atoms with van der Waals surface area (Å²) in [5, 5.41) is 3.09. The van der Waals surface area contributed by atoms with Crippen molar-refractivity contribution in [1.82, 2.24) is 4.90 Å². The lowest BCUT2D eigenvalue weighted by Crippen LogP contribution is -2.62. The fourth-order valence-corrected chi connectivity index (χ4v) is 3.96. The molecule has 0 atom stereocenters. The predicted molar refractivity (Wildman–Crippen MR) is 102 cm³/mol. The third-order valence-corrected chi connectivity index (χ3v) is 5.45. The molecule has 0 unspecified atom stereocenters. The van der Waals surface area contributed by atoms with Crippen LogP contribution in [0.15, 0.2) is 42.5 Å². The predicted octanol–water partition coefficient (Wildman–Crippen LogP) is 3.97. The van der Waals surface area contributed by atoms with E-state index in [1.807, 2.05) is 36.9 Å². The van der Waals surface area contributed by atoms with E-state index in [2.05, 4.69) is 34.5 Å². The van der Waals surface area contributed by atoms with E-state index in [1.54, 1.807) is 0 Å². The Balaban J connectivity index is 1.40. The smallest absolute Gasteiger partial charge is 0.322 e. The van der Waals surface area contributed by atoms with Gasteiger partial charge >= 0.3 is 6.03 Å². The summed E-state index contributed by atoms with van der Waals surface area (Å²) in [6.45, 7) is 6.75. The summed E-state index contributed by atoms with van der Waals surface area (Å²) in [5.41, 5.74) is 5.95. The molecule has 130 valence electrons. The molecule has 25 heavy (non-hydrogen) atoms. The van der Waals surface area contributed by atoms with Crippen LogP contribution in [0, 0.1) is 13.8 Å². The number of nitrogens with one attached hydrogen (secondary N) is 1. The van der Waals surface area contributed by atoms with Crippen LogP contribution in [-0.2, 0) is 6.42 Å². The van der Waals surface area contributed by atoms with Crippen LogP contribution in [0.3, 0.4) is 0 Å². The van der Waals surface area contributed by atoms with Gasteiger partial charge in [-0.25, -0.2) is 4.79 Å². The number of urea groups is 1. The molecule has 2 heterocycles. The zero-order valence-electron chi connectivity index (χ0n) is 15.0. The monoisotopic (exact) mass is 335 g/mol. The minimum absolute atomic E-state index is 0.0129. The van der Waals surface area contributed by atoms with Gasteiger partial charge in [0, 0.05) is 31.0 Å². The molecule has 4 heteroatoms. The van der Waals surface area contributed by atoms with E-state index in [4.69, 9.17) is 0 Å². The fourth-order valence-electron chi connectivity index (χ4n) is 3.96. The molecule has 0 bridgehead atoms. The first-order valence-corrected chi connectivity index (χ1v) is 9.10. The summed E-state index contributed by atoms with van der Waals surface area (Å²) in [7, 11) is 0. The molecule has 2 aromatic carbocycles. The largest absolute Gasteiger partial charge is 0.365 e. The van der Waals surface area contributed by atoms with E-state index >= 15 is 0 Å². The highest BCUT2D eigenvalue weighted by Crippen LogP contribution is 2.31. The van der Waals surface area contributed by atoms with Gasteiger partial charge in [0.25, 0.3) is 0 Å². The van der Waals surface area contributed by atoms with Crippen molar-refractivity contribution in [3.8, 4) is 0 Å². The average molecular weight is 335 g/mol. The Morgan fingerprint density at radius 1 is 1.04 bits per heavy atom. The van der Waals surface area contributed by atoms with Crippen LogP contribution in [0.5, 0.6) is 0 Å². The van der Waals surface area contributed by atoms with Gasteiger partial charge in [0.15, 0.2) is 0 Å². The van der Waals surface area contributed by atoms with Crippen LogP contribution in [0.2, 0.25) is 0 Å². The lowest BCUT2D eigenvalue weighted by atomic mass is 9.97. The molecule has 1 N–H and O–H groups in total. The maximum atomic E-state index is 12.6. The van der Waals surface area contributed by atoms with Gasteiger partial charge in [-0.2, -0.15) is 0 Å². The molecule has 0 radical (unpaired) electrons. The Labute approximate surface area is 149 Å². The minimum atomic E-state index is 0.0129. The van der Waals surface area contributed by atoms with E-state index < -0.39 is 0 Å². The number of rotatable bonds is 2. The minimum Gasteiger partial charge on any atom is -0.365 e. The maximum Gasteiger partial charge on any atom is 0.322 e. The molecular formula is C21H25N3O. The van der Waals surface area contributed by atoms with Crippen LogP contribution in [-0.4, -0.2) is 36.6 Å². The van der Waals surface area contributed by atoms with Crippen molar-refractivity contribution in [3.63, 3.8) is 0 Å². The van der Waals surface area contributed by atoms with Crippen molar-refractivity contribution in [2.45, 2.75) is 32.7 Å². The standard InChI is InChI=1S/C21H25N3O/c1-15-7-5-8-16(2)20(15)22-21(25)23-13-18(14-23)24-12-6-10-17-9-3-4-11-19(17)24/h3-5,7-9,11,18H,6,10,12-14H2,1-2H3,(H,22,25). The van der Waals surface area contributed by atoms with Gasteiger partial charge in [-0.15, -0.1) is 0 Å². The zero-order chi connectivity index (χ0) is 17.4. The molecule has 1 saturated heterocycles. The van der Waals surface area contributed by atoms with E-state index in [1.165, 1.54) is 17.7 Å². The summed E-state index contributed by atoms with van der Waals surface area (Å²) in [6, 6.07) is 15.2. The van der Waals surface area contributed by atoms with Crippen molar-refractivity contribution in [3.05, 3.63) is 59.2 Å². The highest BCUT2D eigenvalue weighted by Gasteiger charge is 2.36. The molecule has 0 saturated carbocycles. The Hall–Kier alpha value is -2.49. The number of carbonyl (C=O) groups is 1. The molecule has 4 rings (SSSR count). The molecule has 1 fully saturated rings. The zero-order valence-corrected chi connectivity index (χ0v) is 15.0. The van der Waals surface area contributed by atoms with E-state index in [9.17, 15) is 4.79 Å². The highest BCUT2D eigenvalue weighted by molar-refractivity contribution is 5.91. The summed E-state index contributed by atoms with van der Waals surface area (Å²) >= 11 is 0. The summed E-state index contributed by atoms with van der Waals surface area (Å²) in [5.74, 6) is 0. The Bertz CT molecular complexity index is 775. The lowest BCUT2D eigenvalue weighted by molar-refractivity contribution is 0.160. The number of fused-ring (bicyclic) bond motifs is 1.